The second kappa shape index (κ2) is 4.80. The Morgan fingerprint density at radius 3 is 2.91 bits per heavy atom. The molecule has 0 bridgehead atoms. The molecule has 1 aromatic heterocycles. The maximum atomic E-state index is 9.88. The third-order valence-electron chi connectivity index (χ3n) is 3.97. The lowest BCUT2D eigenvalue weighted by atomic mass is 10.1. The summed E-state index contributed by atoms with van der Waals surface area (Å²) in [4.78, 5) is 0. The smallest absolute Gasteiger partial charge is 0.156 e. The van der Waals surface area contributed by atoms with Crippen molar-refractivity contribution in [3.8, 4) is 22.8 Å². The van der Waals surface area contributed by atoms with E-state index in [-0.39, 0.29) is 5.75 Å². The molecule has 2 aromatic carbocycles. The zero-order valence-electron chi connectivity index (χ0n) is 12.1. The van der Waals surface area contributed by atoms with E-state index in [9.17, 15) is 5.11 Å². The maximum absolute atomic E-state index is 9.88. The summed E-state index contributed by atoms with van der Waals surface area (Å²) in [6, 6.07) is 13.2. The number of hydrogen-bond donors (Lipinski definition) is 3. The van der Waals surface area contributed by atoms with Gasteiger partial charge >= 0.3 is 0 Å². The maximum Gasteiger partial charge on any atom is 0.156 e. The van der Waals surface area contributed by atoms with Crippen molar-refractivity contribution in [2.45, 2.75) is 6.42 Å². The summed E-state index contributed by atoms with van der Waals surface area (Å²) in [6.45, 7) is 0. The minimum atomic E-state index is 0.205. The average Bonchev–Trinajstić information content (AvgIpc) is 3.08. The first-order chi connectivity index (χ1) is 10.8. The van der Waals surface area contributed by atoms with Gasteiger partial charge in [-0.1, -0.05) is 12.1 Å². The lowest BCUT2D eigenvalue weighted by molar-refractivity contribution is 0.414. The lowest BCUT2D eigenvalue weighted by Crippen LogP contribution is -1.95. The van der Waals surface area contributed by atoms with E-state index >= 15 is 0 Å². The zero-order valence-corrected chi connectivity index (χ0v) is 12.1. The van der Waals surface area contributed by atoms with Gasteiger partial charge in [0.25, 0.3) is 0 Å². The number of aromatic hydroxyl groups is 1. The van der Waals surface area contributed by atoms with Gasteiger partial charge in [0.1, 0.15) is 11.5 Å². The van der Waals surface area contributed by atoms with Crippen LogP contribution in [0.15, 0.2) is 42.5 Å². The minimum absolute atomic E-state index is 0.205. The number of nitrogens with one attached hydrogen (secondary N) is 2. The predicted molar refractivity (Wildman–Crippen MR) is 84.8 cm³/mol. The number of benzene rings is 2. The van der Waals surface area contributed by atoms with E-state index in [0.29, 0.717) is 5.69 Å². The Labute approximate surface area is 127 Å². The fourth-order valence-electron chi connectivity index (χ4n) is 2.85. The van der Waals surface area contributed by atoms with Crippen LogP contribution in [0.3, 0.4) is 0 Å². The van der Waals surface area contributed by atoms with Crippen LogP contribution < -0.4 is 10.1 Å². The standard InChI is InChI=1S/C17H15N3O2/c1-22-11-6-7-12-10(8-11)9-13-16(12)19-20-17(13)18-14-4-2-3-5-15(14)21/h2-8,21H,9H2,1H3,(H2,18,19,20). The molecule has 0 atom stereocenters. The zero-order chi connectivity index (χ0) is 15.1. The van der Waals surface area contributed by atoms with Gasteiger partial charge in [0.05, 0.1) is 18.5 Å². The molecule has 1 aliphatic carbocycles. The molecule has 0 saturated carbocycles. The first kappa shape index (κ1) is 12.8. The number of rotatable bonds is 3. The van der Waals surface area contributed by atoms with E-state index in [1.165, 1.54) is 5.56 Å². The molecule has 5 nitrogen and oxygen atoms in total. The Hall–Kier alpha value is -2.95. The molecular formula is C17H15N3O2. The van der Waals surface area contributed by atoms with Crippen LogP contribution in [0.1, 0.15) is 11.1 Å². The molecule has 0 spiro atoms. The number of anilines is 2. The normalized spacial score (nSPS) is 11.9. The quantitative estimate of drug-likeness (QED) is 0.506. The molecular weight excluding hydrogens is 278 g/mol. The molecule has 0 aliphatic heterocycles. The number of para-hydroxylation sites is 2. The van der Waals surface area contributed by atoms with Crippen molar-refractivity contribution in [2.24, 2.45) is 0 Å². The predicted octanol–water partition coefficient (Wildman–Crippen LogP) is 3.44. The van der Waals surface area contributed by atoms with Crippen molar-refractivity contribution in [3.05, 3.63) is 53.6 Å². The molecule has 110 valence electrons. The molecule has 3 N–H and O–H groups in total. The van der Waals surface area contributed by atoms with Gasteiger partial charge in [0.2, 0.25) is 0 Å². The molecule has 4 rings (SSSR count). The number of phenolic OH excluding ortho intramolecular Hbond substituents is 1. The van der Waals surface area contributed by atoms with Gasteiger partial charge in [0, 0.05) is 17.5 Å². The van der Waals surface area contributed by atoms with Crippen molar-refractivity contribution in [2.75, 3.05) is 12.4 Å². The Bertz CT molecular complexity index is 855. The summed E-state index contributed by atoms with van der Waals surface area (Å²) in [7, 11) is 1.67. The Kier molecular flexibility index (Phi) is 2.79. The summed E-state index contributed by atoms with van der Waals surface area (Å²) in [5, 5.41) is 20.5. The van der Waals surface area contributed by atoms with E-state index in [0.717, 1.165) is 34.8 Å². The molecule has 0 radical (unpaired) electrons. The van der Waals surface area contributed by atoms with Crippen molar-refractivity contribution < 1.29 is 9.84 Å². The fraction of sp³-hybridized carbons (Fsp3) is 0.118. The van der Waals surface area contributed by atoms with Gasteiger partial charge in [-0.3, -0.25) is 5.10 Å². The third-order valence-corrected chi connectivity index (χ3v) is 3.97. The van der Waals surface area contributed by atoms with Crippen molar-refractivity contribution >= 4 is 11.5 Å². The summed E-state index contributed by atoms with van der Waals surface area (Å²) >= 11 is 0. The number of fused-ring (bicyclic) bond motifs is 3. The van der Waals surface area contributed by atoms with Crippen LogP contribution in [-0.4, -0.2) is 22.4 Å². The summed E-state index contributed by atoms with van der Waals surface area (Å²) in [5.74, 6) is 1.80. The molecule has 0 saturated heterocycles. The highest BCUT2D eigenvalue weighted by atomic mass is 16.5. The summed E-state index contributed by atoms with van der Waals surface area (Å²) in [5.41, 5.74) is 5.13. The van der Waals surface area contributed by atoms with Gasteiger partial charge in [-0.15, -0.1) is 0 Å². The number of H-pyrrole nitrogens is 1. The number of methoxy groups -OCH3 is 1. The number of nitrogens with zero attached hydrogens (tertiary/aromatic N) is 1. The van der Waals surface area contributed by atoms with Crippen LogP contribution in [0.5, 0.6) is 11.5 Å². The average molecular weight is 293 g/mol. The second-order valence-electron chi connectivity index (χ2n) is 5.27. The first-order valence-electron chi connectivity index (χ1n) is 7.06. The molecule has 1 aliphatic rings. The van der Waals surface area contributed by atoms with Crippen molar-refractivity contribution in [1.82, 2.24) is 10.2 Å². The lowest BCUT2D eigenvalue weighted by Gasteiger charge is -2.06. The topological polar surface area (TPSA) is 70.2 Å². The van der Waals surface area contributed by atoms with E-state index in [2.05, 4.69) is 15.5 Å². The van der Waals surface area contributed by atoms with Gasteiger partial charge in [-0.25, -0.2) is 0 Å². The Morgan fingerprint density at radius 1 is 1.23 bits per heavy atom. The number of ether oxygens (including phenoxy) is 1. The van der Waals surface area contributed by atoms with Crippen LogP contribution in [0.2, 0.25) is 0 Å². The highest BCUT2D eigenvalue weighted by Crippen LogP contribution is 2.41. The van der Waals surface area contributed by atoms with Crippen molar-refractivity contribution in [1.29, 1.82) is 0 Å². The largest absolute Gasteiger partial charge is 0.506 e. The monoisotopic (exact) mass is 293 g/mol. The number of hydrogen-bond acceptors (Lipinski definition) is 4. The van der Waals surface area contributed by atoms with Gasteiger partial charge in [-0.05, 0) is 35.9 Å². The highest BCUT2D eigenvalue weighted by molar-refractivity contribution is 5.80. The summed E-state index contributed by atoms with van der Waals surface area (Å²) < 4.78 is 5.28. The number of aromatic amines is 1. The molecule has 5 heteroatoms. The van der Waals surface area contributed by atoms with Gasteiger partial charge in [-0.2, -0.15) is 5.10 Å². The van der Waals surface area contributed by atoms with Gasteiger partial charge in [0.15, 0.2) is 5.82 Å². The van der Waals surface area contributed by atoms with Crippen LogP contribution in [-0.2, 0) is 6.42 Å². The molecule has 22 heavy (non-hydrogen) atoms. The van der Waals surface area contributed by atoms with Crippen molar-refractivity contribution in [3.63, 3.8) is 0 Å². The molecule has 0 amide bonds. The Morgan fingerprint density at radius 2 is 2.09 bits per heavy atom. The van der Waals surface area contributed by atoms with E-state index < -0.39 is 0 Å². The Balaban J connectivity index is 1.70. The molecule has 0 fully saturated rings. The first-order valence-corrected chi connectivity index (χ1v) is 7.06. The minimum Gasteiger partial charge on any atom is -0.506 e. The van der Waals surface area contributed by atoms with E-state index in [1.807, 2.05) is 30.3 Å². The van der Waals surface area contributed by atoms with Gasteiger partial charge < -0.3 is 15.2 Å². The number of phenols is 1. The highest BCUT2D eigenvalue weighted by Gasteiger charge is 2.25. The SMILES string of the molecule is COc1ccc2c(c1)Cc1c(Nc3ccccc3O)n[nH]c1-2. The van der Waals surface area contributed by atoms with E-state index in [1.54, 1.807) is 19.2 Å². The molecule has 1 heterocycles. The van der Waals surface area contributed by atoms with Crippen LogP contribution in [0, 0.1) is 0 Å². The molecule has 3 aromatic rings. The van der Waals surface area contributed by atoms with Crippen LogP contribution in [0.4, 0.5) is 11.5 Å². The number of aromatic nitrogens is 2. The van der Waals surface area contributed by atoms with Crippen LogP contribution >= 0.6 is 0 Å². The second-order valence-corrected chi connectivity index (χ2v) is 5.27. The summed E-state index contributed by atoms with van der Waals surface area (Å²) in [6.07, 6.45) is 0.786. The fourth-order valence-corrected chi connectivity index (χ4v) is 2.85. The van der Waals surface area contributed by atoms with Crippen LogP contribution in [0.25, 0.3) is 11.3 Å². The molecule has 0 unspecified atom stereocenters. The third kappa shape index (κ3) is 1.90. The van der Waals surface area contributed by atoms with E-state index in [4.69, 9.17) is 4.74 Å².